The van der Waals surface area contributed by atoms with E-state index in [1.54, 1.807) is 0 Å². The van der Waals surface area contributed by atoms with Gasteiger partial charge in [-0.1, -0.05) is 12.1 Å². The van der Waals surface area contributed by atoms with Crippen molar-refractivity contribution in [3.63, 3.8) is 0 Å². The highest BCUT2D eigenvalue weighted by Gasteiger charge is 2.24. The van der Waals surface area contributed by atoms with E-state index >= 15 is 0 Å². The van der Waals surface area contributed by atoms with Crippen molar-refractivity contribution < 1.29 is 4.79 Å². The number of nitrogens with zero attached hydrogens (tertiary/aromatic N) is 2. The SMILES string of the molecule is O=C(CN1CCNc2ccccc21)N1CCc2sccc2C1. The van der Waals surface area contributed by atoms with Crippen molar-refractivity contribution in [1.29, 1.82) is 0 Å². The van der Waals surface area contributed by atoms with Crippen LogP contribution in [0.15, 0.2) is 35.7 Å². The monoisotopic (exact) mass is 313 g/mol. The Kier molecular flexibility index (Phi) is 3.50. The highest BCUT2D eigenvalue weighted by molar-refractivity contribution is 7.10. The maximum atomic E-state index is 12.7. The Morgan fingerprint density at radius 3 is 3.09 bits per heavy atom. The van der Waals surface area contributed by atoms with Crippen LogP contribution in [-0.2, 0) is 17.8 Å². The van der Waals surface area contributed by atoms with E-state index in [0.29, 0.717) is 6.54 Å². The highest BCUT2D eigenvalue weighted by atomic mass is 32.1. The molecule has 1 aromatic heterocycles. The smallest absolute Gasteiger partial charge is 0.242 e. The predicted octanol–water partition coefficient (Wildman–Crippen LogP) is 2.56. The predicted molar refractivity (Wildman–Crippen MR) is 90.6 cm³/mol. The van der Waals surface area contributed by atoms with Crippen LogP contribution in [0, 0.1) is 0 Å². The lowest BCUT2D eigenvalue weighted by Crippen LogP contribution is -2.45. The largest absolute Gasteiger partial charge is 0.382 e. The molecule has 22 heavy (non-hydrogen) atoms. The first-order chi connectivity index (χ1) is 10.8. The molecule has 1 aromatic carbocycles. The summed E-state index contributed by atoms with van der Waals surface area (Å²) in [5, 5.41) is 5.52. The third kappa shape index (κ3) is 2.46. The van der Waals surface area contributed by atoms with Crippen LogP contribution in [0.5, 0.6) is 0 Å². The average molecular weight is 313 g/mol. The summed E-state index contributed by atoms with van der Waals surface area (Å²) in [6.07, 6.45) is 0.997. The minimum absolute atomic E-state index is 0.230. The van der Waals surface area contributed by atoms with E-state index in [9.17, 15) is 4.79 Å². The van der Waals surface area contributed by atoms with Crippen molar-refractivity contribution in [3.05, 3.63) is 46.2 Å². The molecule has 114 valence electrons. The van der Waals surface area contributed by atoms with Crippen molar-refractivity contribution in [2.45, 2.75) is 13.0 Å². The highest BCUT2D eigenvalue weighted by Crippen LogP contribution is 2.29. The number of carbonyl (C=O) groups is 1. The van der Waals surface area contributed by atoms with Crippen molar-refractivity contribution >= 4 is 28.6 Å². The van der Waals surface area contributed by atoms with E-state index in [4.69, 9.17) is 0 Å². The maximum Gasteiger partial charge on any atom is 0.242 e. The Labute approximate surface area is 134 Å². The van der Waals surface area contributed by atoms with Gasteiger partial charge in [-0.15, -0.1) is 11.3 Å². The van der Waals surface area contributed by atoms with E-state index in [1.165, 1.54) is 10.4 Å². The second kappa shape index (κ2) is 5.65. The lowest BCUT2D eigenvalue weighted by atomic mass is 10.1. The topological polar surface area (TPSA) is 35.6 Å². The van der Waals surface area contributed by atoms with Gasteiger partial charge < -0.3 is 15.1 Å². The van der Waals surface area contributed by atoms with Gasteiger partial charge in [0, 0.05) is 31.1 Å². The molecule has 0 unspecified atom stereocenters. The van der Waals surface area contributed by atoms with Gasteiger partial charge in [-0.25, -0.2) is 0 Å². The number of carbonyl (C=O) groups excluding carboxylic acids is 1. The molecule has 2 aliphatic heterocycles. The van der Waals surface area contributed by atoms with Crippen molar-refractivity contribution in [3.8, 4) is 0 Å². The number of benzene rings is 1. The quantitative estimate of drug-likeness (QED) is 0.925. The average Bonchev–Trinajstić information content (AvgIpc) is 3.02. The molecule has 2 aromatic rings. The van der Waals surface area contributed by atoms with E-state index in [-0.39, 0.29) is 5.91 Å². The van der Waals surface area contributed by atoms with Crippen LogP contribution in [0.1, 0.15) is 10.4 Å². The van der Waals surface area contributed by atoms with Crippen molar-refractivity contribution in [2.75, 3.05) is 36.4 Å². The second-order valence-corrected chi connectivity index (χ2v) is 6.80. The summed E-state index contributed by atoms with van der Waals surface area (Å²) < 4.78 is 0. The first-order valence-corrected chi connectivity index (χ1v) is 8.60. The van der Waals surface area contributed by atoms with Gasteiger partial charge >= 0.3 is 0 Å². The minimum Gasteiger partial charge on any atom is -0.382 e. The van der Waals surface area contributed by atoms with Gasteiger partial charge in [0.2, 0.25) is 5.91 Å². The molecule has 0 fully saturated rings. The van der Waals surface area contributed by atoms with Crippen LogP contribution in [0.3, 0.4) is 0 Å². The van der Waals surface area contributed by atoms with Crippen LogP contribution >= 0.6 is 11.3 Å². The number of nitrogens with one attached hydrogen (secondary N) is 1. The first-order valence-electron chi connectivity index (χ1n) is 7.72. The fourth-order valence-corrected chi connectivity index (χ4v) is 4.12. The van der Waals surface area contributed by atoms with Gasteiger partial charge in [0.25, 0.3) is 0 Å². The van der Waals surface area contributed by atoms with E-state index in [0.717, 1.165) is 44.0 Å². The van der Waals surface area contributed by atoms with Gasteiger partial charge in [-0.05, 0) is 35.6 Å². The molecule has 0 spiro atoms. The minimum atomic E-state index is 0.230. The van der Waals surface area contributed by atoms with Gasteiger partial charge in [0.15, 0.2) is 0 Å². The Hall–Kier alpha value is -2.01. The summed E-state index contributed by atoms with van der Waals surface area (Å²) in [4.78, 5) is 18.3. The molecule has 0 bridgehead atoms. The number of anilines is 2. The molecule has 3 heterocycles. The molecule has 4 nitrogen and oxygen atoms in total. The fourth-order valence-electron chi connectivity index (χ4n) is 3.23. The zero-order valence-corrected chi connectivity index (χ0v) is 13.2. The van der Waals surface area contributed by atoms with Gasteiger partial charge in [0.05, 0.1) is 17.9 Å². The maximum absolute atomic E-state index is 12.7. The lowest BCUT2D eigenvalue weighted by molar-refractivity contribution is -0.130. The number of rotatable bonds is 2. The Morgan fingerprint density at radius 2 is 2.14 bits per heavy atom. The third-order valence-corrected chi connectivity index (χ3v) is 5.45. The fraction of sp³-hybridized carbons (Fsp3) is 0.353. The van der Waals surface area contributed by atoms with Crippen LogP contribution < -0.4 is 10.2 Å². The molecule has 0 saturated heterocycles. The third-order valence-electron chi connectivity index (χ3n) is 4.43. The molecule has 1 amide bonds. The number of hydrogen-bond donors (Lipinski definition) is 1. The number of hydrogen-bond acceptors (Lipinski definition) is 4. The van der Waals surface area contributed by atoms with Gasteiger partial charge in [-0.3, -0.25) is 4.79 Å². The van der Waals surface area contributed by atoms with Crippen LogP contribution in [0.2, 0.25) is 0 Å². The normalized spacial score (nSPS) is 16.7. The summed E-state index contributed by atoms with van der Waals surface area (Å²) in [5.41, 5.74) is 3.58. The van der Waals surface area contributed by atoms with E-state index < -0.39 is 0 Å². The molecule has 0 aliphatic carbocycles. The van der Waals surface area contributed by atoms with E-state index in [2.05, 4.69) is 33.8 Å². The molecule has 0 atom stereocenters. The number of fused-ring (bicyclic) bond motifs is 2. The number of amides is 1. The molecule has 1 N–H and O–H groups in total. The van der Waals surface area contributed by atoms with Crippen LogP contribution in [0.4, 0.5) is 11.4 Å². The van der Waals surface area contributed by atoms with Gasteiger partial charge in [0.1, 0.15) is 0 Å². The summed E-state index contributed by atoms with van der Waals surface area (Å²) in [6, 6.07) is 10.4. The molecule has 0 radical (unpaired) electrons. The molecule has 4 rings (SSSR count). The lowest BCUT2D eigenvalue weighted by Gasteiger charge is -2.34. The zero-order chi connectivity index (χ0) is 14.9. The number of para-hydroxylation sites is 2. The summed E-state index contributed by atoms with van der Waals surface area (Å²) in [5.74, 6) is 0.230. The zero-order valence-electron chi connectivity index (χ0n) is 12.4. The Morgan fingerprint density at radius 1 is 1.23 bits per heavy atom. The first kappa shape index (κ1) is 13.6. The molecule has 0 saturated carbocycles. The second-order valence-electron chi connectivity index (χ2n) is 5.80. The Balaban J connectivity index is 1.47. The van der Waals surface area contributed by atoms with E-state index in [1.807, 2.05) is 28.4 Å². The summed E-state index contributed by atoms with van der Waals surface area (Å²) in [6.45, 7) is 3.85. The molecule has 5 heteroatoms. The van der Waals surface area contributed by atoms with Crippen molar-refractivity contribution in [1.82, 2.24) is 4.90 Å². The summed E-state index contributed by atoms with van der Waals surface area (Å²) in [7, 11) is 0. The number of thiophene rings is 1. The van der Waals surface area contributed by atoms with Gasteiger partial charge in [-0.2, -0.15) is 0 Å². The van der Waals surface area contributed by atoms with Crippen molar-refractivity contribution in [2.24, 2.45) is 0 Å². The molecular formula is C17H19N3OS. The van der Waals surface area contributed by atoms with Crippen LogP contribution in [-0.4, -0.2) is 37.0 Å². The standard InChI is InChI=1S/C17H19N3OS/c21-17(20-8-5-16-13(11-20)6-10-22-16)12-19-9-7-18-14-3-1-2-4-15(14)19/h1-4,6,10,18H,5,7-9,11-12H2. The van der Waals surface area contributed by atoms with Crippen LogP contribution in [0.25, 0.3) is 0 Å². The Bertz CT molecular complexity index is 697. The molecular weight excluding hydrogens is 294 g/mol. The molecule has 2 aliphatic rings. The summed E-state index contributed by atoms with van der Waals surface area (Å²) >= 11 is 1.81.